The highest BCUT2D eigenvalue weighted by molar-refractivity contribution is 8.00. The van der Waals surface area contributed by atoms with Gasteiger partial charge in [0.25, 0.3) is 5.91 Å². The van der Waals surface area contributed by atoms with Crippen molar-refractivity contribution in [1.29, 1.82) is 0 Å². The fraction of sp³-hybridized carbons (Fsp3) is 0.273. The first-order valence-corrected chi connectivity index (χ1v) is 11.6. The van der Waals surface area contributed by atoms with Crippen molar-refractivity contribution >= 4 is 35.7 Å². The SMILES string of the molecule is C=CSNCCNC(=O)C1CCN(C(=O)c2ccc(SN)c(F)c2)C1.c1ccccc1. The molecule has 0 radical (unpaired) electrons. The molecule has 2 amide bonds. The van der Waals surface area contributed by atoms with Crippen molar-refractivity contribution in [1.82, 2.24) is 14.9 Å². The van der Waals surface area contributed by atoms with E-state index in [1.54, 1.807) is 16.4 Å². The van der Waals surface area contributed by atoms with Crippen LogP contribution in [0.15, 0.2) is 71.5 Å². The minimum absolute atomic E-state index is 0.0678. The van der Waals surface area contributed by atoms with Gasteiger partial charge >= 0.3 is 0 Å². The monoisotopic (exact) mass is 462 g/mol. The molecule has 1 atom stereocenters. The first-order chi connectivity index (χ1) is 15.1. The van der Waals surface area contributed by atoms with Crippen LogP contribution in [-0.2, 0) is 4.79 Å². The maximum atomic E-state index is 13.8. The number of rotatable bonds is 8. The molecule has 2 aromatic rings. The average Bonchev–Trinajstić information content (AvgIpc) is 3.30. The molecule has 1 aliphatic rings. The number of nitrogens with zero attached hydrogens (tertiary/aromatic N) is 1. The highest BCUT2D eigenvalue weighted by atomic mass is 32.2. The number of amides is 2. The number of hydrogen-bond acceptors (Lipinski definition) is 6. The van der Waals surface area contributed by atoms with Crippen LogP contribution in [0.3, 0.4) is 0 Å². The van der Waals surface area contributed by atoms with Crippen LogP contribution in [0, 0.1) is 11.7 Å². The molecule has 1 unspecified atom stereocenters. The summed E-state index contributed by atoms with van der Waals surface area (Å²) in [6.45, 7) is 5.53. The summed E-state index contributed by atoms with van der Waals surface area (Å²) >= 11 is 2.17. The van der Waals surface area contributed by atoms with E-state index in [0.717, 1.165) is 11.9 Å². The second kappa shape index (κ2) is 13.9. The van der Waals surface area contributed by atoms with Crippen LogP contribution >= 0.6 is 23.9 Å². The Morgan fingerprint density at radius 2 is 1.87 bits per heavy atom. The first-order valence-electron chi connectivity index (χ1n) is 9.79. The van der Waals surface area contributed by atoms with Gasteiger partial charge in [-0.25, -0.2) is 4.39 Å². The fourth-order valence-corrected chi connectivity index (χ4v) is 3.61. The summed E-state index contributed by atoms with van der Waals surface area (Å²) in [5.74, 6) is -1.09. The average molecular weight is 463 g/mol. The Balaban J connectivity index is 0.000000488. The van der Waals surface area contributed by atoms with Gasteiger partial charge in [0.2, 0.25) is 5.91 Å². The van der Waals surface area contributed by atoms with E-state index in [9.17, 15) is 14.0 Å². The van der Waals surface area contributed by atoms with Crippen LogP contribution in [0.5, 0.6) is 0 Å². The van der Waals surface area contributed by atoms with E-state index in [1.165, 1.54) is 24.1 Å². The van der Waals surface area contributed by atoms with Gasteiger partial charge in [-0.2, -0.15) is 0 Å². The van der Waals surface area contributed by atoms with Gasteiger partial charge in [0, 0.05) is 31.7 Å². The lowest BCUT2D eigenvalue weighted by Gasteiger charge is -2.17. The fourth-order valence-electron chi connectivity index (χ4n) is 2.95. The summed E-state index contributed by atoms with van der Waals surface area (Å²) in [4.78, 5) is 26.5. The topological polar surface area (TPSA) is 87.5 Å². The molecule has 1 heterocycles. The number of likely N-dealkylation sites (tertiary alicyclic amines) is 1. The number of benzene rings is 2. The number of carbonyl (C=O) groups excluding carboxylic acids is 2. The summed E-state index contributed by atoms with van der Waals surface area (Å²) in [7, 11) is 0. The molecule has 166 valence electrons. The second-order valence-electron chi connectivity index (χ2n) is 6.62. The standard InChI is InChI=1S/C16H21FN4O2S2.C6H6/c1-2-24-20-7-6-19-15(22)12-5-8-21(10-12)16(23)11-3-4-14(25-18)13(17)9-11;1-2-4-6-5-3-1/h2-4,9,12,20H,1,5-8,10,18H2,(H,19,22);1-6H. The van der Waals surface area contributed by atoms with Gasteiger partial charge in [-0.1, -0.05) is 54.9 Å². The molecule has 3 rings (SSSR count). The van der Waals surface area contributed by atoms with Crippen molar-refractivity contribution in [2.45, 2.75) is 11.3 Å². The lowest BCUT2D eigenvalue weighted by Crippen LogP contribution is -2.37. The second-order valence-corrected chi connectivity index (χ2v) is 8.16. The molecule has 0 aromatic heterocycles. The third kappa shape index (κ3) is 8.37. The molecule has 0 spiro atoms. The molecule has 1 aliphatic heterocycles. The van der Waals surface area contributed by atoms with Crippen LogP contribution in [0.1, 0.15) is 16.8 Å². The molecular weight excluding hydrogens is 435 g/mol. The number of hydrogen-bond donors (Lipinski definition) is 3. The zero-order valence-electron chi connectivity index (χ0n) is 17.1. The van der Waals surface area contributed by atoms with Gasteiger partial charge in [0.1, 0.15) is 5.82 Å². The molecule has 0 bridgehead atoms. The normalized spacial score (nSPS) is 15.0. The van der Waals surface area contributed by atoms with Crippen LogP contribution in [0.4, 0.5) is 4.39 Å². The van der Waals surface area contributed by atoms with E-state index in [1.807, 2.05) is 36.4 Å². The van der Waals surface area contributed by atoms with E-state index in [-0.39, 0.29) is 23.3 Å². The molecule has 6 nitrogen and oxygen atoms in total. The Labute approximate surface area is 191 Å². The molecule has 1 saturated heterocycles. The van der Waals surface area contributed by atoms with E-state index in [2.05, 4.69) is 16.6 Å². The molecule has 0 saturated carbocycles. The number of nitrogens with two attached hydrogens (primary N) is 1. The number of halogens is 1. The molecule has 4 N–H and O–H groups in total. The minimum Gasteiger partial charge on any atom is -0.354 e. The summed E-state index contributed by atoms with van der Waals surface area (Å²) in [6, 6.07) is 16.2. The quantitative estimate of drug-likeness (QED) is 0.412. The Hall–Kier alpha value is -2.33. The Morgan fingerprint density at radius 3 is 2.45 bits per heavy atom. The Kier molecular flexibility index (Phi) is 11.2. The van der Waals surface area contributed by atoms with Crippen molar-refractivity contribution in [3.8, 4) is 0 Å². The van der Waals surface area contributed by atoms with Crippen molar-refractivity contribution < 1.29 is 14.0 Å². The van der Waals surface area contributed by atoms with Crippen LogP contribution in [0.25, 0.3) is 0 Å². The van der Waals surface area contributed by atoms with Crippen molar-refractivity contribution in [3.05, 3.63) is 78.0 Å². The molecule has 2 aromatic carbocycles. The van der Waals surface area contributed by atoms with Gasteiger partial charge in [-0.15, -0.1) is 0 Å². The van der Waals surface area contributed by atoms with E-state index in [0.29, 0.717) is 37.5 Å². The van der Waals surface area contributed by atoms with Gasteiger partial charge < -0.3 is 10.2 Å². The molecule has 9 heteroatoms. The maximum Gasteiger partial charge on any atom is 0.253 e. The van der Waals surface area contributed by atoms with Gasteiger partial charge in [-0.3, -0.25) is 19.5 Å². The Morgan fingerprint density at radius 1 is 1.19 bits per heavy atom. The number of nitrogens with one attached hydrogen (secondary N) is 2. The minimum atomic E-state index is -0.517. The Bertz CT molecular complexity index is 828. The zero-order chi connectivity index (χ0) is 22.5. The lowest BCUT2D eigenvalue weighted by molar-refractivity contribution is -0.124. The summed E-state index contributed by atoms with van der Waals surface area (Å²) in [6.07, 6.45) is 0.603. The van der Waals surface area contributed by atoms with Crippen molar-refractivity contribution in [2.24, 2.45) is 11.1 Å². The van der Waals surface area contributed by atoms with Crippen LogP contribution < -0.4 is 15.2 Å². The van der Waals surface area contributed by atoms with Gasteiger partial charge in [0.15, 0.2) is 0 Å². The zero-order valence-corrected chi connectivity index (χ0v) is 18.8. The largest absolute Gasteiger partial charge is 0.354 e. The van der Waals surface area contributed by atoms with Gasteiger partial charge in [-0.05, 0) is 42.0 Å². The van der Waals surface area contributed by atoms with E-state index in [4.69, 9.17) is 5.14 Å². The van der Waals surface area contributed by atoms with E-state index < -0.39 is 5.82 Å². The highest BCUT2D eigenvalue weighted by Gasteiger charge is 2.31. The predicted octanol–water partition coefficient (Wildman–Crippen LogP) is 3.44. The first kappa shape index (κ1) is 24.9. The molecular formula is C22H27FN4O2S2. The van der Waals surface area contributed by atoms with Crippen LogP contribution in [0.2, 0.25) is 0 Å². The van der Waals surface area contributed by atoms with E-state index >= 15 is 0 Å². The third-order valence-corrected chi connectivity index (χ3v) is 5.63. The maximum absolute atomic E-state index is 13.8. The van der Waals surface area contributed by atoms with Crippen molar-refractivity contribution in [2.75, 3.05) is 26.2 Å². The molecule has 31 heavy (non-hydrogen) atoms. The predicted molar refractivity (Wildman–Crippen MR) is 126 cm³/mol. The molecule has 0 aliphatic carbocycles. The third-order valence-electron chi connectivity index (χ3n) is 4.51. The van der Waals surface area contributed by atoms with Gasteiger partial charge in [0.05, 0.1) is 10.8 Å². The van der Waals surface area contributed by atoms with Crippen LogP contribution in [-0.4, -0.2) is 42.9 Å². The molecule has 1 fully saturated rings. The highest BCUT2D eigenvalue weighted by Crippen LogP contribution is 2.22. The summed E-state index contributed by atoms with van der Waals surface area (Å²) < 4.78 is 16.8. The number of carbonyl (C=O) groups is 2. The summed E-state index contributed by atoms with van der Waals surface area (Å²) in [5, 5.41) is 9.86. The lowest BCUT2D eigenvalue weighted by atomic mass is 10.1. The smallest absolute Gasteiger partial charge is 0.253 e. The van der Waals surface area contributed by atoms with Crippen molar-refractivity contribution in [3.63, 3.8) is 0 Å². The summed E-state index contributed by atoms with van der Waals surface area (Å²) in [5.41, 5.74) is 0.266.